The maximum Gasteiger partial charge on any atom is 0.0892 e. The van der Waals surface area contributed by atoms with Gasteiger partial charge in [-0.25, -0.2) is 4.99 Å². The Morgan fingerprint density at radius 3 is 3.36 bits per heavy atom. The second-order valence-electron chi connectivity index (χ2n) is 2.23. The average molecular weight is 263 g/mol. The van der Waals surface area contributed by atoms with Crippen LogP contribution in [0.3, 0.4) is 0 Å². The molecule has 1 heterocycles. The van der Waals surface area contributed by atoms with E-state index in [0.29, 0.717) is 0 Å². The second-order valence-corrected chi connectivity index (χ2v) is 3.47. The Balaban J connectivity index is 2.69. The van der Waals surface area contributed by atoms with E-state index in [1.165, 1.54) is 3.58 Å². The van der Waals surface area contributed by atoms with Crippen LogP contribution in [0.25, 0.3) is 0 Å². The van der Waals surface area contributed by atoms with Gasteiger partial charge in [-0.05, 0) is 28.7 Å². The predicted octanol–water partition coefficient (Wildman–Crippen LogP) is 1.30. The number of nitrogens with one attached hydrogen (secondary N) is 1. The van der Waals surface area contributed by atoms with E-state index >= 15 is 0 Å². The average Bonchev–Trinajstić information content (AvgIpc) is 2.02. The molecule has 0 aromatic carbocycles. The van der Waals surface area contributed by atoms with Gasteiger partial charge in [-0.3, -0.25) is 0 Å². The van der Waals surface area contributed by atoms with Gasteiger partial charge in [0.15, 0.2) is 0 Å². The molecule has 0 unspecified atom stereocenters. The molecule has 0 atom stereocenters. The Morgan fingerprint density at radius 1 is 1.73 bits per heavy atom. The van der Waals surface area contributed by atoms with E-state index in [-0.39, 0.29) is 0 Å². The van der Waals surface area contributed by atoms with Gasteiger partial charge in [-0.15, -0.1) is 0 Å². The van der Waals surface area contributed by atoms with Crippen LogP contribution in [0.5, 0.6) is 0 Å². The lowest BCUT2D eigenvalue weighted by Crippen LogP contribution is -2.25. The molecule has 1 aliphatic rings. The molecule has 0 saturated carbocycles. The summed E-state index contributed by atoms with van der Waals surface area (Å²) in [6.07, 6.45) is 7.47. The fourth-order valence-corrected chi connectivity index (χ4v) is 1.33. The molecule has 0 aliphatic carbocycles. The molecule has 4 heteroatoms. The van der Waals surface area contributed by atoms with E-state index < -0.39 is 0 Å². The van der Waals surface area contributed by atoms with Gasteiger partial charge in [0.1, 0.15) is 0 Å². The first-order valence-corrected chi connectivity index (χ1v) is 4.36. The van der Waals surface area contributed by atoms with Crippen LogP contribution in [0.15, 0.2) is 27.0 Å². The van der Waals surface area contributed by atoms with Gasteiger partial charge in [-0.2, -0.15) is 0 Å². The summed E-state index contributed by atoms with van der Waals surface area (Å²) in [6, 6.07) is 0. The molecule has 0 saturated heterocycles. The Bertz CT molecular complexity index is 208. The maximum atomic E-state index is 3.99. The summed E-state index contributed by atoms with van der Waals surface area (Å²) >= 11 is 2.26. The van der Waals surface area contributed by atoms with E-state index in [2.05, 4.69) is 44.0 Å². The van der Waals surface area contributed by atoms with Crippen molar-refractivity contribution in [3.63, 3.8) is 0 Å². The highest BCUT2D eigenvalue weighted by Crippen LogP contribution is 2.08. The summed E-state index contributed by atoms with van der Waals surface area (Å²) < 4.78 is 1.17. The van der Waals surface area contributed by atoms with Crippen molar-refractivity contribution in [2.45, 2.75) is 0 Å². The van der Waals surface area contributed by atoms with E-state index in [1.807, 2.05) is 13.1 Å². The van der Waals surface area contributed by atoms with E-state index in [0.717, 1.165) is 6.67 Å². The fraction of sp³-hybridized carbons (Fsp3) is 0.286. The van der Waals surface area contributed by atoms with Crippen LogP contribution in [0.1, 0.15) is 0 Å². The summed E-state index contributed by atoms with van der Waals surface area (Å²) in [6.45, 7) is 0.789. The van der Waals surface area contributed by atoms with E-state index in [4.69, 9.17) is 0 Å². The first-order valence-electron chi connectivity index (χ1n) is 3.28. The molecule has 0 bridgehead atoms. The predicted molar refractivity (Wildman–Crippen MR) is 55.5 cm³/mol. The number of rotatable bonds is 0. The van der Waals surface area contributed by atoms with Gasteiger partial charge in [0.05, 0.1) is 13.0 Å². The molecule has 1 rings (SSSR count). The standard InChI is InChI=1S/C7H10IN3/c1-11-4-7(8)2-3-9-5-10-6-11/h2-5H,6H2,1H3,(H,9,10)/b3-2+,7-4+. The molecular weight excluding hydrogens is 253 g/mol. The highest BCUT2D eigenvalue weighted by Gasteiger charge is 1.91. The Morgan fingerprint density at radius 2 is 2.55 bits per heavy atom. The zero-order valence-electron chi connectivity index (χ0n) is 6.29. The van der Waals surface area contributed by atoms with Gasteiger partial charge in [-0.1, -0.05) is 0 Å². The van der Waals surface area contributed by atoms with Crippen LogP contribution in [0, 0.1) is 0 Å². The second kappa shape index (κ2) is 4.38. The van der Waals surface area contributed by atoms with Crippen molar-refractivity contribution >= 4 is 28.9 Å². The minimum atomic E-state index is 0.789. The molecule has 1 aliphatic heterocycles. The normalized spacial score (nSPS) is 28.5. The van der Waals surface area contributed by atoms with Crippen molar-refractivity contribution in [2.24, 2.45) is 4.99 Å². The largest absolute Gasteiger partial charge is 0.362 e. The minimum Gasteiger partial charge on any atom is -0.362 e. The monoisotopic (exact) mass is 263 g/mol. The van der Waals surface area contributed by atoms with Crippen LogP contribution in [0.2, 0.25) is 0 Å². The molecular formula is C7H10IN3. The topological polar surface area (TPSA) is 27.6 Å². The summed E-state index contributed by atoms with van der Waals surface area (Å²) in [4.78, 5) is 6.05. The smallest absolute Gasteiger partial charge is 0.0892 e. The maximum absolute atomic E-state index is 3.99. The highest BCUT2D eigenvalue weighted by molar-refractivity contribution is 14.1. The van der Waals surface area contributed by atoms with Crippen molar-refractivity contribution in [2.75, 3.05) is 13.7 Å². The third-order valence-corrected chi connectivity index (χ3v) is 1.81. The number of halogens is 1. The van der Waals surface area contributed by atoms with Crippen LogP contribution in [0.4, 0.5) is 0 Å². The van der Waals surface area contributed by atoms with Gasteiger partial charge in [0.2, 0.25) is 0 Å². The lowest BCUT2D eigenvalue weighted by atomic mass is 10.5. The number of hydrogen-bond donors (Lipinski definition) is 1. The van der Waals surface area contributed by atoms with Gasteiger partial charge < -0.3 is 10.2 Å². The number of hydrogen-bond acceptors (Lipinski definition) is 3. The number of nitrogens with zero attached hydrogens (tertiary/aromatic N) is 2. The zero-order chi connectivity index (χ0) is 8.10. The van der Waals surface area contributed by atoms with Crippen molar-refractivity contribution in [3.05, 3.63) is 22.1 Å². The first-order chi connectivity index (χ1) is 5.29. The zero-order valence-corrected chi connectivity index (χ0v) is 8.45. The molecule has 60 valence electrons. The van der Waals surface area contributed by atoms with E-state index in [9.17, 15) is 0 Å². The van der Waals surface area contributed by atoms with Crippen LogP contribution in [-0.4, -0.2) is 25.0 Å². The van der Waals surface area contributed by atoms with Gasteiger partial charge in [0.25, 0.3) is 0 Å². The van der Waals surface area contributed by atoms with Crippen LogP contribution >= 0.6 is 22.6 Å². The molecule has 11 heavy (non-hydrogen) atoms. The third kappa shape index (κ3) is 3.41. The lowest BCUT2D eigenvalue weighted by molar-refractivity contribution is 0.448. The van der Waals surface area contributed by atoms with Crippen molar-refractivity contribution in [3.8, 4) is 0 Å². The SMILES string of the molecule is CN1\C=C(I)/C=C/N=C\NC1. The third-order valence-electron chi connectivity index (χ3n) is 1.17. The Hall–Kier alpha value is -0.520. The summed E-state index contributed by atoms with van der Waals surface area (Å²) in [5, 5.41) is 3.03. The molecule has 1 N–H and O–H groups in total. The van der Waals surface area contributed by atoms with Crippen molar-refractivity contribution in [1.29, 1.82) is 0 Å². The molecule has 0 fully saturated rings. The van der Waals surface area contributed by atoms with Crippen molar-refractivity contribution in [1.82, 2.24) is 10.2 Å². The number of allylic oxidation sites excluding steroid dienone is 2. The summed E-state index contributed by atoms with van der Waals surface area (Å²) in [7, 11) is 2.01. The van der Waals surface area contributed by atoms with E-state index in [1.54, 1.807) is 12.5 Å². The lowest BCUT2D eigenvalue weighted by Gasteiger charge is -2.12. The molecule has 0 radical (unpaired) electrons. The van der Waals surface area contributed by atoms with Crippen LogP contribution < -0.4 is 5.32 Å². The van der Waals surface area contributed by atoms with Gasteiger partial charge >= 0.3 is 0 Å². The quantitative estimate of drug-likeness (QED) is 0.667. The molecule has 0 aromatic rings. The molecule has 3 nitrogen and oxygen atoms in total. The van der Waals surface area contributed by atoms with Gasteiger partial charge in [0, 0.05) is 23.0 Å². The minimum absolute atomic E-state index is 0.789. The Kier molecular flexibility index (Phi) is 3.41. The van der Waals surface area contributed by atoms with Crippen LogP contribution in [-0.2, 0) is 0 Å². The first kappa shape index (κ1) is 8.58. The summed E-state index contributed by atoms with van der Waals surface area (Å²) in [5.41, 5.74) is 0. The summed E-state index contributed by atoms with van der Waals surface area (Å²) in [5.74, 6) is 0. The highest BCUT2D eigenvalue weighted by atomic mass is 127. The number of aliphatic imine (C=N–C) groups is 1. The Labute approximate surface area is 80.0 Å². The van der Waals surface area contributed by atoms with Crippen molar-refractivity contribution < 1.29 is 0 Å². The fourth-order valence-electron chi connectivity index (χ4n) is 0.694. The molecule has 0 amide bonds. The molecule has 0 spiro atoms. The molecule has 0 aromatic heterocycles.